The average molecular weight is 883 g/mol. The van der Waals surface area contributed by atoms with E-state index in [0.29, 0.717) is 58.0 Å². The second-order valence-electron chi connectivity index (χ2n) is 17.5. The van der Waals surface area contributed by atoms with Gasteiger partial charge in [0.15, 0.2) is 5.96 Å². The molecule has 0 bridgehead atoms. The number of nitrogens with one attached hydrogen (secondary N) is 1. The number of imide groups is 1. The molecule has 1 aliphatic carbocycles. The smallest absolute Gasteiger partial charge is 0.326 e. The van der Waals surface area contributed by atoms with Gasteiger partial charge in [-0.1, -0.05) is 82.1 Å². The molecule has 7 atom stereocenters. The summed E-state index contributed by atoms with van der Waals surface area (Å²) in [6.07, 6.45) is 12.2. The fraction of sp³-hybridized carbons (Fsp3) is 0.711. The first kappa shape index (κ1) is 51.0. The van der Waals surface area contributed by atoms with Gasteiger partial charge < -0.3 is 54.0 Å². The Morgan fingerprint density at radius 1 is 0.825 bits per heavy atom. The van der Waals surface area contributed by atoms with Crippen molar-refractivity contribution in [2.24, 2.45) is 39.6 Å². The summed E-state index contributed by atoms with van der Waals surface area (Å²) in [7, 11) is 0. The zero-order chi connectivity index (χ0) is 45.9. The molecule has 2 fully saturated rings. The number of benzene rings is 1. The standard InChI is InChI=1S/C45H74N10O8/c46-23-13-6-4-2-1-3-5-7-22-39(57)55(41(59)34(20-15-25-51-45(49)50)52-40(58)33(48)19-12-14-24-47)38(29-56)42(60)53-28-32-18-9-8-16-30(32)26-36(53)43(61)54-35-21-11-10-17-31(35)27-37(54)44(62)63/h8-9,16,18,31,33-38,56H,1-7,10-15,17,19-29,46-48H2,(H,52,58)(H,62,63)(H4,49,50,51)/t31-,33-,34-,35-,36+,37-,38-/m0/s1. The summed E-state index contributed by atoms with van der Waals surface area (Å²) in [5.74, 6) is -4.91. The van der Waals surface area contributed by atoms with Gasteiger partial charge in [-0.15, -0.1) is 0 Å². The molecule has 13 N–H and O–H groups in total. The van der Waals surface area contributed by atoms with Crippen LogP contribution in [0, 0.1) is 5.92 Å². The van der Waals surface area contributed by atoms with Crippen molar-refractivity contribution in [1.29, 1.82) is 0 Å². The summed E-state index contributed by atoms with van der Waals surface area (Å²) in [6, 6.07) is 0.627. The largest absolute Gasteiger partial charge is 0.480 e. The van der Waals surface area contributed by atoms with E-state index < -0.39 is 72.3 Å². The number of fused-ring (bicyclic) bond motifs is 2. The molecule has 18 heteroatoms. The number of nitrogens with zero attached hydrogens (tertiary/aromatic N) is 4. The maximum absolute atomic E-state index is 15.1. The predicted octanol–water partition coefficient (Wildman–Crippen LogP) is 1.36. The zero-order valence-corrected chi connectivity index (χ0v) is 37.0. The monoisotopic (exact) mass is 883 g/mol. The predicted molar refractivity (Wildman–Crippen MR) is 239 cm³/mol. The number of aliphatic carboxylic acids is 1. The van der Waals surface area contributed by atoms with Gasteiger partial charge in [0.05, 0.1) is 12.6 Å². The highest BCUT2D eigenvalue weighted by molar-refractivity contribution is 6.04. The lowest BCUT2D eigenvalue weighted by atomic mass is 9.84. The molecule has 18 nitrogen and oxygen atoms in total. The van der Waals surface area contributed by atoms with Gasteiger partial charge in [0.2, 0.25) is 23.6 Å². The molecule has 2 aliphatic heterocycles. The van der Waals surface area contributed by atoms with Crippen LogP contribution >= 0.6 is 0 Å². The van der Waals surface area contributed by atoms with E-state index >= 15 is 4.79 Å². The number of aliphatic imine (C=N–C) groups is 1. The first-order valence-electron chi connectivity index (χ1n) is 23.2. The summed E-state index contributed by atoms with van der Waals surface area (Å²) in [6.45, 7) is 0.109. The first-order valence-corrected chi connectivity index (χ1v) is 23.2. The van der Waals surface area contributed by atoms with Gasteiger partial charge in [-0.2, -0.15) is 0 Å². The minimum Gasteiger partial charge on any atom is -0.480 e. The molecule has 0 spiro atoms. The van der Waals surface area contributed by atoms with Crippen molar-refractivity contribution >= 4 is 41.5 Å². The Hall–Kier alpha value is -4.65. The molecular formula is C45H74N10O8. The number of unbranched alkanes of at least 4 members (excludes halogenated alkanes) is 8. The number of hydrogen-bond acceptors (Lipinski definition) is 11. The van der Waals surface area contributed by atoms with Crippen molar-refractivity contribution in [2.45, 2.75) is 171 Å². The second-order valence-corrected chi connectivity index (χ2v) is 17.5. The minimum atomic E-state index is -1.78. The van der Waals surface area contributed by atoms with Gasteiger partial charge in [0.25, 0.3) is 5.91 Å². The number of likely N-dealkylation sites (tertiary alicyclic amines) is 1. The molecule has 352 valence electrons. The number of carboxylic acids is 1. The lowest BCUT2D eigenvalue weighted by molar-refractivity contribution is -0.163. The van der Waals surface area contributed by atoms with Crippen LogP contribution in [-0.4, -0.2) is 129 Å². The third kappa shape index (κ3) is 14.4. The third-order valence-corrected chi connectivity index (χ3v) is 12.9. The van der Waals surface area contributed by atoms with E-state index in [-0.39, 0.29) is 56.7 Å². The summed E-state index contributed by atoms with van der Waals surface area (Å²) in [5.41, 5.74) is 30.1. The van der Waals surface area contributed by atoms with Gasteiger partial charge in [-0.25, -0.2) is 4.79 Å². The van der Waals surface area contributed by atoms with Gasteiger partial charge >= 0.3 is 5.97 Å². The van der Waals surface area contributed by atoms with Crippen LogP contribution in [0.1, 0.15) is 133 Å². The highest BCUT2D eigenvalue weighted by Gasteiger charge is 2.52. The van der Waals surface area contributed by atoms with E-state index in [1.807, 2.05) is 18.2 Å². The van der Waals surface area contributed by atoms with Crippen LogP contribution in [0.2, 0.25) is 0 Å². The van der Waals surface area contributed by atoms with Crippen molar-refractivity contribution in [3.63, 3.8) is 0 Å². The maximum Gasteiger partial charge on any atom is 0.326 e. The Bertz CT molecular complexity index is 1710. The van der Waals surface area contributed by atoms with Crippen LogP contribution in [0.15, 0.2) is 29.3 Å². The summed E-state index contributed by atoms with van der Waals surface area (Å²) < 4.78 is 0. The highest BCUT2D eigenvalue weighted by atomic mass is 16.4. The third-order valence-electron chi connectivity index (χ3n) is 12.9. The van der Waals surface area contributed by atoms with Gasteiger partial charge in [-0.3, -0.25) is 33.9 Å². The normalized spacial score (nSPS) is 20.8. The molecule has 4 rings (SSSR count). The van der Waals surface area contributed by atoms with E-state index in [0.717, 1.165) is 73.8 Å². The molecule has 1 saturated heterocycles. The van der Waals surface area contributed by atoms with E-state index in [9.17, 15) is 34.2 Å². The second kappa shape index (κ2) is 26.2. The summed E-state index contributed by atoms with van der Waals surface area (Å²) in [4.78, 5) is 93.0. The molecular weight excluding hydrogens is 809 g/mol. The Kier molecular flexibility index (Phi) is 21.2. The fourth-order valence-electron chi connectivity index (χ4n) is 9.51. The number of amides is 5. The summed E-state index contributed by atoms with van der Waals surface area (Å²) in [5, 5.41) is 24.2. The molecule has 0 aromatic heterocycles. The van der Waals surface area contributed by atoms with Gasteiger partial charge in [0, 0.05) is 32.0 Å². The Morgan fingerprint density at radius 2 is 1.46 bits per heavy atom. The lowest BCUT2D eigenvalue weighted by Gasteiger charge is -2.43. The number of carbonyl (C=O) groups is 6. The van der Waals surface area contributed by atoms with Crippen LogP contribution in [0.3, 0.4) is 0 Å². The number of aliphatic hydroxyl groups excluding tert-OH is 1. The summed E-state index contributed by atoms with van der Waals surface area (Å²) >= 11 is 0. The molecule has 63 heavy (non-hydrogen) atoms. The number of carboxylic acid groups (broad SMARTS) is 1. The van der Waals surface area contributed by atoms with Crippen LogP contribution in [0.5, 0.6) is 0 Å². The molecule has 1 aromatic rings. The average Bonchev–Trinajstić information content (AvgIpc) is 3.67. The van der Waals surface area contributed by atoms with Crippen molar-refractivity contribution in [3.8, 4) is 0 Å². The maximum atomic E-state index is 15.1. The molecule has 1 aromatic carbocycles. The van der Waals surface area contributed by atoms with Crippen molar-refractivity contribution < 1.29 is 39.0 Å². The Balaban J connectivity index is 1.69. The Labute approximate surface area is 372 Å². The minimum absolute atomic E-state index is 0.0174. The molecule has 0 unspecified atom stereocenters. The molecule has 5 amide bonds. The first-order chi connectivity index (χ1) is 30.3. The number of nitrogens with two attached hydrogens (primary N) is 5. The van der Waals surface area contributed by atoms with Crippen LogP contribution in [0.25, 0.3) is 0 Å². The van der Waals surface area contributed by atoms with Crippen molar-refractivity contribution in [2.75, 3.05) is 26.2 Å². The Morgan fingerprint density at radius 3 is 2.11 bits per heavy atom. The topological polar surface area (TPSA) is 307 Å². The zero-order valence-electron chi connectivity index (χ0n) is 37.0. The van der Waals surface area contributed by atoms with Crippen molar-refractivity contribution in [3.05, 3.63) is 35.4 Å². The van der Waals surface area contributed by atoms with Gasteiger partial charge in [0.1, 0.15) is 24.2 Å². The SMILES string of the molecule is NCCCCCCCCCCC(=O)N(C(=O)[C@H](CCCN=C(N)N)NC(=O)[C@@H](N)CCCCN)[C@@H](CO)C(=O)N1Cc2ccccc2C[C@@H]1C(=O)N1[C@H](C(=O)O)C[C@@H]2CCCC[C@@H]21. The molecule has 0 radical (unpaired) electrons. The van der Waals surface area contributed by atoms with Crippen molar-refractivity contribution in [1.82, 2.24) is 20.0 Å². The fourth-order valence-corrected chi connectivity index (χ4v) is 9.51. The number of hydrogen-bond donors (Lipinski definition) is 8. The lowest BCUT2D eigenvalue weighted by Crippen LogP contribution is -2.64. The highest BCUT2D eigenvalue weighted by Crippen LogP contribution is 2.41. The van der Waals surface area contributed by atoms with Crippen LogP contribution in [0.4, 0.5) is 0 Å². The molecule has 2 heterocycles. The number of guanidine groups is 1. The van der Waals surface area contributed by atoms with Crippen LogP contribution < -0.4 is 34.0 Å². The van der Waals surface area contributed by atoms with E-state index in [2.05, 4.69) is 10.3 Å². The number of rotatable bonds is 26. The van der Waals surface area contributed by atoms with E-state index in [4.69, 9.17) is 28.7 Å². The van der Waals surface area contributed by atoms with E-state index in [1.54, 1.807) is 6.07 Å². The van der Waals surface area contributed by atoms with Crippen LogP contribution in [-0.2, 0) is 41.7 Å². The number of aliphatic hydroxyl groups is 1. The van der Waals surface area contributed by atoms with E-state index in [1.165, 1.54) is 9.80 Å². The van der Waals surface area contributed by atoms with Gasteiger partial charge in [-0.05, 0) is 87.9 Å². The quantitative estimate of drug-likeness (QED) is 0.0371. The number of carbonyl (C=O) groups excluding carboxylic acids is 5. The molecule has 3 aliphatic rings. The molecule has 1 saturated carbocycles.